The van der Waals surface area contributed by atoms with Gasteiger partial charge in [0.05, 0.1) is 11.3 Å². The molecular weight excluding hydrogens is 402 g/mol. The van der Waals surface area contributed by atoms with Crippen molar-refractivity contribution in [1.29, 1.82) is 0 Å². The average molecular weight is 421 g/mol. The van der Waals surface area contributed by atoms with Crippen molar-refractivity contribution in [3.8, 4) is 22.8 Å². The number of hydrogen-bond donors (Lipinski definition) is 1. The molecule has 156 valence electrons. The topological polar surface area (TPSA) is 76.6 Å². The molecule has 0 radical (unpaired) electrons. The highest BCUT2D eigenvalue weighted by atomic mass is 16.3. The predicted octanol–water partition coefficient (Wildman–Crippen LogP) is 3.81. The van der Waals surface area contributed by atoms with Crippen LogP contribution in [0.25, 0.3) is 22.6 Å². The Morgan fingerprint density at radius 3 is 2.03 bits per heavy atom. The molecule has 3 aromatic carbocycles. The third kappa shape index (κ3) is 3.37. The van der Waals surface area contributed by atoms with Gasteiger partial charge in [0.1, 0.15) is 11.3 Å². The zero-order valence-corrected chi connectivity index (χ0v) is 17.1. The minimum atomic E-state index is -0.467. The molecule has 0 amide bonds. The number of benzene rings is 3. The number of para-hydroxylation sites is 1. The van der Waals surface area contributed by atoms with Gasteiger partial charge in [0.15, 0.2) is 0 Å². The van der Waals surface area contributed by atoms with Crippen LogP contribution in [0.5, 0.6) is 5.88 Å². The smallest absolute Gasteiger partial charge is 0.281 e. The SMILES string of the molecule is O=c1cc2n(-c3ccccc3)c(O)c(Cc3ccccc3)c(=O)n2nc1-c1ccccc1. The number of aromatic nitrogens is 3. The first-order valence-corrected chi connectivity index (χ1v) is 10.2. The molecule has 32 heavy (non-hydrogen) atoms. The molecule has 2 aromatic heterocycles. The molecule has 0 saturated heterocycles. The van der Waals surface area contributed by atoms with Crippen LogP contribution in [0.4, 0.5) is 0 Å². The van der Waals surface area contributed by atoms with Gasteiger partial charge in [-0.2, -0.15) is 9.61 Å². The lowest BCUT2D eigenvalue weighted by Gasteiger charge is -2.17. The van der Waals surface area contributed by atoms with Gasteiger partial charge >= 0.3 is 0 Å². The van der Waals surface area contributed by atoms with E-state index < -0.39 is 5.56 Å². The molecule has 0 aliphatic heterocycles. The predicted molar refractivity (Wildman–Crippen MR) is 123 cm³/mol. The summed E-state index contributed by atoms with van der Waals surface area (Å²) in [5.74, 6) is -0.210. The fourth-order valence-corrected chi connectivity index (χ4v) is 3.81. The summed E-state index contributed by atoms with van der Waals surface area (Å²) in [5, 5.41) is 15.6. The molecule has 6 nitrogen and oxygen atoms in total. The van der Waals surface area contributed by atoms with Gasteiger partial charge in [-0.1, -0.05) is 78.9 Å². The van der Waals surface area contributed by atoms with Crippen molar-refractivity contribution in [2.45, 2.75) is 6.42 Å². The van der Waals surface area contributed by atoms with E-state index >= 15 is 0 Å². The normalized spacial score (nSPS) is 11.0. The van der Waals surface area contributed by atoms with Gasteiger partial charge in [-0.3, -0.25) is 14.2 Å². The van der Waals surface area contributed by atoms with Gasteiger partial charge in [-0.25, -0.2) is 0 Å². The minimum absolute atomic E-state index is 0.177. The fourth-order valence-electron chi connectivity index (χ4n) is 3.81. The average Bonchev–Trinajstić information content (AvgIpc) is 2.83. The summed E-state index contributed by atoms with van der Waals surface area (Å²) in [4.78, 5) is 26.4. The van der Waals surface area contributed by atoms with Crippen LogP contribution in [-0.2, 0) is 6.42 Å². The van der Waals surface area contributed by atoms with Crippen molar-refractivity contribution in [3.05, 3.63) is 129 Å². The van der Waals surface area contributed by atoms with E-state index in [9.17, 15) is 14.7 Å². The third-order valence-corrected chi connectivity index (χ3v) is 5.36. The Balaban J connectivity index is 1.85. The van der Waals surface area contributed by atoms with Gasteiger partial charge in [-0.15, -0.1) is 0 Å². The first-order chi connectivity index (χ1) is 15.6. The van der Waals surface area contributed by atoms with Crippen LogP contribution in [0.1, 0.15) is 11.1 Å². The zero-order chi connectivity index (χ0) is 22.1. The summed E-state index contributed by atoms with van der Waals surface area (Å²) in [6.45, 7) is 0. The van der Waals surface area contributed by atoms with E-state index in [1.165, 1.54) is 15.1 Å². The lowest BCUT2D eigenvalue weighted by atomic mass is 10.1. The molecule has 0 bridgehead atoms. The van der Waals surface area contributed by atoms with E-state index in [1.54, 1.807) is 24.3 Å². The number of hydrogen-bond acceptors (Lipinski definition) is 4. The highest BCUT2D eigenvalue weighted by Gasteiger charge is 2.20. The van der Waals surface area contributed by atoms with E-state index in [0.29, 0.717) is 11.3 Å². The largest absolute Gasteiger partial charge is 0.494 e. The third-order valence-electron chi connectivity index (χ3n) is 5.36. The second-order valence-corrected chi connectivity index (χ2v) is 7.43. The van der Waals surface area contributed by atoms with Crippen LogP contribution in [0.2, 0.25) is 0 Å². The zero-order valence-electron chi connectivity index (χ0n) is 17.1. The molecule has 0 fully saturated rings. The lowest BCUT2D eigenvalue weighted by molar-refractivity contribution is 0.430. The summed E-state index contributed by atoms with van der Waals surface area (Å²) < 4.78 is 2.69. The summed E-state index contributed by atoms with van der Waals surface area (Å²) in [6, 6.07) is 28.9. The molecular formula is C26H19N3O3. The number of nitrogens with zero attached hydrogens (tertiary/aromatic N) is 3. The molecule has 0 aliphatic carbocycles. The molecule has 1 N–H and O–H groups in total. The molecule has 5 rings (SSSR count). The Kier molecular flexibility index (Phi) is 4.88. The van der Waals surface area contributed by atoms with Crippen LogP contribution in [0, 0.1) is 0 Å². The Bertz CT molecular complexity index is 1520. The monoisotopic (exact) mass is 421 g/mol. The Labute approximate surface area is 183 Å². The number of aromatic hydroxyl groups is 1. The standard InChI is InChI=1S/C26H19N3O3/c30-22-17-23-28(20-14-8-3-9-15-20)25(31)21(16-18-10-4-1-5-11-18)26(32)29(23)27-24(22)19-12-6-2-7-13-19/h1-15,17,31H,16H2. The molecule has 0 aliphatic rings. The van der Waals surface area contributed by atoms with Crippen molar-refractivity contribution < 1.29 is 5.11 Å². The van der Waals surface area contributed by atoms with Gasteiger partial charge in [0, 0.05) is 18.1 Å². The molecule has 0 unspecified atom stereocenters. The maximum absolute atomic E-state index is 13.5. The number of rotatable bonds is 4. The highest BCUT2D eigenvalue weighted by Crippen LogP contribution is 2.25. The first kappa shape index (κ1) is 19.5. The second kappa shape index (κ2) is 8.00. The second-order valence-electron chi connectivity index (χ2n) is 7.43. The van der Waals surface area contributed by atoms with E-state index in [2.05, 4.69) is 5.10 Å². The van der Waals surface area contributed by atoms with Crippen molar-refractivity contribution in [2.24, 2.45) is 0 Å². The van der Waals surface area contributed by atoms with Gasteiger partial charge in [-0.05, 0) is 17.7 Å². The number of fused-ring (bicyclic) bond motifs is 1. The van der Waals surface area contributed by atoms with Crippen LogP contribution in [0.15, 0.2) is 107 Å². The van der Waals surface area contributed by atoms with Gasteiger partial charge in [0.2, 0.25) is 11.3 Å². The van der Waals surface area contributed by atoms with Crippen LogP contribution in [-0.4, -0.2) is 19.3 Å². The van der Waals surface area contributed by atoms with Crippen LogP contribution >= 0.6 is 0 Å². The van der Waals surface area contributed by atoms with Gasteiger partial charge in [0.25, 0.3) is 5.56 Å². The molecule has 6 heteroatoms. The summed E-state index contributed by atoms with van der Waals surface area (Å²) in [6.07, 6.45) is 0.225. The lowest BCUT2D eigenvalue weighted by Crippen LogP contribution is -2.28. The Morgan fingerprint density at radius 1 is 0.781 bits per heavy atom. The first-order valence-electron chi connectivity index (χ1n) is 10.2. The fraction of sp³-hybridized carbons (Fsp3) is 0.0385. The van der Waals surface area contributed by atoms with E-state index in [0.717, 1.165) is 5.56 Å². The molecule has 0 atom stereocenters. The van der Waals surface area contributed by atoms with Crippen LogP contribution < -0.4 is 11.0 Å². The maximum Gasteiger partial charge on any atom is 0.281 e. The Morgan fingerprint density at radius 2 is 1.38 bits per heavy atom. The van der Waals surface area contributed by atoms with E-state index in [1.807, 2.05) is 66.7 Å². The molecule has 5 aromatic rings. The maximum atomic E-state index is 13.5. The minimum Gasteiger partial charge on any atom is -0.494 e. The molecule has 2 heterocycles. The summed E-state index contributed by atoms with van der Waals surface area (Å²) >= 11 is 0. The quantitative estimate of drug-likeness (QED) is 0.479. The van der Waals surface area contributed by atoms with Crippen LogP contribution in [0.3, 0.4) is 0 Å². The van der Waals surface area contributed by atoms with Gasteiger partial charge < -0.3 is 5.11 Å². The van der Waals surface area contributed by atoms with E-state index in [-0.39, 0.29) is 34.6 Å². The van der Waals surface area contributed by atoms with Crippen molar-refractivity contribution in [3.63, 3.8) is 0 Å². The van der Waals surface area contributed by atoms with Crippen molar-refractivity contribution >= 4 is 5.65 Å². The molecule has 0 saturated carbocycles. The van der Waals surface area contributed by atoms with Crippen molar-refractivity contribution in [1.82, 2.24) is 14.2 Å². The Hall–Kier alpha value is -4.45. The van der Waals surface area contributed by atoms with E-state index in [4.69, 9.17) is 0 Å². The highest BCUT2D eigenvalue weighted by molar-refractivity contribution is 5.62. The van der Waals surface area contributed by atoms with Crippen molar-refractivity contribution in [2.75, 3.05) is 0 Å². The summed E-state index contributed by atoms with van der Waals surface area (Å²) in [5.41, 5.74) is 1.88. The molecule has 0 spiro atoms. The summed E-state index contributed by atoms with van der Waals surface area (Å²) in [7, 11) is 0.